The van der Waals surface area contributed by atoms with Crippen LogP contribution < -0.4 is 5.32 Å². The number of hydrogen-bond acceptors (Lipinski definition) is 4. The lowest BCUT2D eigenvalue weighted by atomic mass is 9.69. The van der Waals surface area contributed by atoms with E-state index in [-0.39, 0.29) is 11.4 Å². The van der Waals surface area contributed by atoms with E-state index in [0.717, 1.165) is 29.4 Å². The fourth-order valence-electron chi connectivity index (χ4n) is 3.41. The van der Waals surface area contributed by atoms with Crippen LogP contribution in [-0.4, -0.2) is 42.2 Å². The molecule has 4 rings (SSSR count). The van der Waals surface area contributed by atoms with Crippen molar-refractivity contribution in [3.63, 3.8) is 0 Å². The Balaban J connectivity index is 1.41. The van der Waals surface area contributed by atoms with Crippen LogP contribution in [0, 0.1) is 5.41 Å². The van der Waals surface area contributed by atoms with Gasteiger partial charge in [-0.3, -0.25) is 0 Å². The van der Waals surface area contributed by atoms with Gasteiger partial charge in [-0.15, -0.1) is 11.3 Å². The quantitative estimate of drug-likeness (QED) is 0.901. The molecule has 2 amide bonds. The van der Waals surface area contributed by atoms with Crippen molar-refractivity contribution in [1.82, 2.24) is 9.88 Å². The molecule has 6 heteroatoms. The van der Waals surface area contributed by atoms with Crippen LogP contribution in [0.15, 0.2) is 35.8 Å². The Morgan fingerprint density at radius 3 is 2.79 bits per heavy atom. The summed E-state index contributed by atoms with van der Waals surface area (Å²) in [5, 5.41) is 5.96. The summed E-state index contributed by atoms with van der Waals surface area (Å²) in [6, 6.07) is 7.82. The van der Waals surface area contributed by atoms with Crippen molar-refractivity contribution < 1.29 is 9.53 Å². The molecule has 0 radical (unpaired) electrons. The van der Waals surface area contributed by atoms with E-state index < -0.39 is 0 Å². The van der Waals surface area contributed by atoms with Crippen molar-refractivity contribution in [3.8, 4) is 10.6 Å². The van der Waals surface area contributed by atoms with Crippen LogP contribution in [-0.2, 0) is 4.74 Å². The molecule has 1 aromatic carbocycles. The number of ether oxygens (including phenoxy) is 1. The molecule has 2 fully saturated rings. The van der Waals surface area contributed by atoms with Gasteiger partial charge in [0, 0.05) is 41.3 Å². The summed E-state index contributed by atoms with van der Waals surface area (Å²) in [5.74, 6) is 0. The average molecular weight is 343 g/mol. The van der Waals surface area contributed by atoms with Crippen molar-refractivity contribution >= 4 is 23.1 Å². The minimum absolute atomic E-state index is 0.0335. The van der Waals surface area contributed by atoms with Crippen LogP contribution in [0.4, 0.5) is 10.5 Å². The fourth-order valence-corrected chi connectivity index (χ4v) is 4.05. The van der Waals surface area contributed by atoms with Gasteiger partial charge in [-0.05, 0) is 37.1 Å². The molecule has 24 heavy (non-hydrogen) atoms. The molecule has 0 bridgehead atoms. The first-order valence-electron chi connectivity index (χ1n) is 8.38. The number of benzene rings is 1. The van der Waals surface area contributed by atoms with Crippen LogP contribution >= 0.6 is 11.3 Å². The van der Waals surface area contributed by atoms with Crippen LogP contribution in [0.3, 0.4) is 0 Å². The summed E-state index contributed by atoms with van der Waals surface area (Å²) in [5.41, 5.74) is 2.08. The van der Waals surface area contributed by atoms with E-state index in [1.54, 1.807) is 17.5 Å². The molecule has 1 aliphatic carbocycles. The normalized spacial score (nSPS) is 19.6. The SMILES string of the molecule is O=C(Nc1ccc(-c2nccs2)cc1)N1CCOCC2(CCC2)C1. The molecule has 1 saturated heterocycles. The van der Waals surface area contributed by atoms with E-state index in [2.05, 4.69) is 10.3 Å². The average Bonchev–Trinajstić information content (AvgIpc) is 2.99. The Kier molecular flexibility index (Phi) is 4.24. The minimum Gasteiger partial charge on any atom is -0.379 e. The minimum atomic E-state index is -0.0335. The maximum absolute atomic E-state index is 12.6. The molecule has 1 saturated carbocycles. The number of rotatable bonds is 2. The zero-order valence-corrected chi connectivity index (χ0v) is 14.3. The van der Waals surface area contributed by atoms with Gasteiger partial charge in [0.15, 0.2) is 0 Å². The van der Waals surface area contributed by atoms with E-state index in [4.69, 9.17) is 4.74 Å². The number of nitrogens with one attached hydrogen (secondary N) is 1. The maximum atomic E-state index is 12.6. The second kappa shape index (κ2) is 6.53. The molecular weight excluding hydrogens is 322 g/mol. The summed E-state index contributed by atoms with van der Waals surface area (Å²) in [6.07, 6.45) is 5.38. The summed E-state index contributed by atoms with van der Waals surface area (Å²) in [6.45, 7) is 2.87. The predicted molar refractivity (Wildman–Crippen MR) is 95.2 cm³/mol. The van der Waals surface area contributed by atoms with Gasteiger partial charge in [-0.2, -0.15) is 0 Å². The number of urea groups is 1. The summed E-state index contributed by atoms with van der Waals surface area (Å²) < 4.78 is 5.71. The van der Waals surface area contributed by atoms with E-state index in [1.807, 2.05) is 34.5 Å². The highest BCUT2D eigenvalue weighted by Crippen LogP contribution is 2.42. The van der Waals surface area contributed by atoms with Crippen molar-refractivity contribution in [2.24, 2.45) is 5.41 Å². The van der Waals surface area contributed by atoms with Gasteiger partial charge >= 0.3 is 6.03 Å². The largest absolute Gasteiger partial charge is 0.379 e. The number of thiazole rings is 1. The Hall–Kier alpha value is -1.92. The van der Waals surface area contributed by atoms with Crippen LogP contribution in [0.1, 0.15) is 19.3 Å². The van der Waals surface area contributed by atoms with Gasteiger partial charge in [-0.25, -0.2) is 9.78 Å². The second-order valence-corrected chi connectivity index (χ2v) is 7.57. The van der Waals surface area contributed by atoms with E-state index in [0.29, 0.717) is 13.2 Å². The standard InChI is InChI=1S/C18H21N3O2S/c22-17(21-9-10-23-13-18(12-21)6-1-7-18)20-15-4-2-14(3-5-15)16-19-8-11-24-16/h2-5,8,11H,1,6-7,9-10,12-13H2,(H,20,22). The Bertz CT molecular complexity index is 696. The third kappa shape index (κ3) is 3.16. The number of anilines is 1. The van der Waals surface area contributed by atoms with Gasteiger partial charge < -0.3 is 15.0 Å². The number of hydrogen-bond donors (Lipinski definition) is 1. The van der Waals surface area contributed by atoms with Gasteiger partial charge in [-0.1, -0.05) is 6.42 Å². The molecule has 1 spiro atoms. The predicted octanol–water partition coefficient (Wildman–Crippen LogP) is 3.84. The monoisotopic (exact) mass is 343 g/mol. The number of nitrogens with zero attached hydrogens (tertiary/aromatic N) is 2. The highest BCUT2D eigenvalue weighted by atomic mass is 32.1. The molecular formula is C18H21N3O2S. The Labute approximate surface area is 145 Å². The third-order valence-electron chi connectivity index (χ3n) is 4.96. The first-order chi connectivity index (χ1) is 11.7. The summed E-state index contributed by atoms with van der Waals surface area (Å²) in [4.78, 5) is 18.8. The van der Waals surface area contributed by atoms with Gasteiger partial charge in [0.05, 0.1) is 13.2 Å². The molecule has 2 aromatic rings. The van der Waals surface area contributed by atoms with E-state index in [9.17, 15) is 4.79 Å². The molecule has 1 aliphatic heterocycles. The first kappa shape index (κ1) is 15.6. The molecule has 5 nitrogen and oxygen atoms in total. The van der Waals surface area contributed by atoms with Crippen LogP contribution in [0.2, 0.25) is 0 Å². The smallest absolute Gasteiger partial charge is 0.321 e. The Morgan fingerprint density at radius 2 is 2.12 bits per heavy atom. The lowest BCUT2D eigenvalue weighted by molar-refractivity contribution is 0.0130. The van der Waals surface area contributed by atoms with Crippen LogP contribution in [0.25, 0.3) is 10.6 Å². The molecule has 1 aromatic heterocycles. The molecule has 2 heterocycles. The van der Waals surface area contributed by atoms with Gasteiger partial charge in [0.1, 0.15) is 5.01 Å². The topological polar surface area (TPSA) is 54.5 Å². The summed E-state index contributed by atoms with van der Waals surface area (Å²) >= 11 is 1.61. The molecule has 126 valence electrons. The first-order valence-corrected chi connectivity index (χ1v) is 9.26. The van der Waals surface area contributed by atoms with E-state index >= 15 is 0 Å². The molecule has 0 atom stereocenters. The second-order valence-electron chi connectivity index (χ2n) is 6.67. The number of amides is 2. The van der Waals surface area contributed by atoms with Crippen molar-refractivity contribution in [1.29, 1.82) is 0 Å². The van der Waals surface area contributed by atoms with Gasteiger partial charge in [0.2, 0.25) is 0 Å². The Morgan fingerprint density at radius 1 is 1.29 bits per heavy atom. The van der Waals surface area contributed by atoms with Gasteiger partial charge in [0.25, 0.3) is 0 Å². The van der Waals surface area contributed by atoms with Crippen molar-refractivity contribution in [3.05, 3.63) is 35.8 Å². The van der Waals surface area contributed by atoms with E-state index in [1.165, 1.54) is 19.3 Å². The zero-order valence-electron chi connectivity index (χ0n) is 13.5. The molecule has 1 N–H and O–H groups in total. The lowest BCUT2D eigenvalue weighted by Gasteiger charge is -2.42. The zero-order chi connectivity index (χ0) is 16.4. The molecule has 0 unspecified atom stereocenters. The third-order valence-corrected chi connectivity index (χ3v) is 5.78. The van der Waals surface area contributed by atoms with Crippen LogP contribution in [0.5, 0.6) is 0 Å². The maximum Gasteiger partial charge on any atom is 0.321 e. The lowest BCUT2D eigenvalue weighted by Crippen LogP contribution is -2.46. The highest BCUT2D eigenvalue weighted by Gasteiger charge is 2.41. The number of aromatic nitrogens is 1. The van der Waals surface area contributed by atoms with Crippen molar-refractivity contribution in [2.75, 3.05) is 31.6 Å². The summed E-state index contributed by atoms with van der Waals surface area (Å²) in [7, 11) is 0. The van der Waals surface area contributed by atoms with Crippen molar-refractivity contribution in [2.45, 2.75) is 19.3 Å². The molecule has 2 aliphatic rings. The fraction of sp³-hybridized carbons (Fsp3) is 0.444. The highest BCUT2D eigenvalue weighted by molar-refractivity contribution is 7.13. The number of carbonyl (C=O) groups excluding carboxylic acids is 1. The number of carbonyl (C=O) groups is 1.